The molecule has 1 aromatic rings. The number of hydrogen-bond acceptors (Lipinski definition) is 4. The number of nitrogens with one attached hydrogen (secondary N) is 2. The number of ether oxygens (including phenoxy) is 1. The lowest BCUT2D eigenvalue weighted by Crippen LogP contribution is -2.38. The molecule has 0 unspecified atom stereocenters. The van der Waals surface area contributed by atoms with Crippen molar-refractivity contribution in [2.75, 3.05) is 19.7 Å². The highest BCUT2D eigenvalue weighted by Gasteiger charge is 2.17. The Kier molecular flexibility index (Phi) is 6.98. The van der Waals surface area contributed by atoms with Gasteiger partial charge in [0.1, 0.15) is 0 Å². The van der Waals surface area contributed by atoms with Crippen LogP contribution in [0.5, 0.6) is 0 Å². The topological polar surface area (TPSA) is 84.5 Å². The number of halogens is 2. The summed E-state index contributed by atoms with van der Waals surface area (Å²) in [5, 5.41) is 5.09. The van der Waals surface area contributed by atoms with Crippen molar-refractivity contribution in [1.29, 1.82) is 0 Å². The predicted octanol–water partition coefficient (Wildman–Crippen LogP) is 1.40. The van der Waals surface area contributed by atoms with Crippen molar-refractivity contribution in [3.63, 3.8) is 0 Å². The summed E-state index contributed by atoms with van der Waals surface area (Å²) in [4.78, 5) is 34.3. The third-order valence-corrected chi connectivity index (χ3v) is 2.95. The molecular formula is C13H14Cl2N2O4. The molecule has 0 atom stereocenters. The number of hydrogen-bond donors (Lipinski definition) is 2. The van der Waals surface area contributed by atoms with Gasteiger partial charge in [-0.3, -0.25) is 9.59 Å². The summed E-state index contributed by atoms with van der Waals surface area (Å²) in [6, 6.07) is 4.55. The van der Waals surface area contributed by atoms with E-state index in [0.717, 1.165) is 0 Å². The minimum Gasteiger partial charge on any atom is -0.452 e. The smallest absolute Gasteiger partial charge is 0.341 e. The quantitative estimate of drug-likeness (QED) is 0.771. The zero-order valence-corrected chi connectivity index (χ0v) is 12.8. The van der Waals surface area contributed by atoms with Crippen LogP contribution in [0.25, 0.3) is 0 Å². The van der Waals surface area contributed by atoms with Gasteiger partial charge in [-0.15, -0.1) is 0 Å². The number of esters is 1. The number of carbonyl (C=O) groups excluding carboxylic acids is 3. The van der Waals surface area contributed by atoms with Crippen LogP contribution in [0.4, 0.5) is 0 Å². The van der Waals surface area contributed by atoms with Gasteiger partial charge < -0.3 is 15.4 Å². The highest BCUT2D eigenvalue weighted by atomic mass is 35.5. The van der Waals surface area contributed by atoms with Crippen LogP contribution in [-0.2, 0) is 14.3 Å². The van der Waals surface area contributed by atoms with E-state index in [-0.39, 0.29) is 28.1 Å². The highest BCUT2D eigenvalue weighted by Crippen LogP contribution is 2.24. The molecule has 0 heterocycles. The summed E-state index contributed by atoms with van der Waals surface area (Å²) < 4.78 is 4.79. The molecule has 0 radical (unpaired) electrons. The van der Waals surface area contributed by atoms with E-state index >= 15 is 0 Å². The first kappa shape index (κ1) is 17.3. The van der Waals surface area contributed by atoms with E-state index in [9.17, 15) is 14.4 Å². The fourth-order valence-electron chi connectivity index (χ4n) is 1.39. The molecule has 0 aliphatic heterocycles. The predicted molar refractivity (Wildman–Crippen MR) is 78.4 cm³/mol. The number of benzene rings is 1. The van der Waals surface area contributed by atoms with Crippen molar-refractivity contribution in [3.8, 4) is 0 Å². The van der Waals surface area contributed by atoms with Gasteiger partial charge in [-0.1, -0.05) is 29.3 Å². The van der Waals surface area contributed by atoms with E-state index in [2.05, 4.69) is 10.6 Å². The third-order valence-electron chi connectivity index (χ3n) is 2.32. The van der Waals surface area contributed by atoms with Gasteiger partial charge >= 0.3 is 5.97 Å². The summed E-state index contributed by atoms with van der Waals surface area (Å²) >= 11 is 11.7. The molecule has 0 aromatic heterocycles. The average molecular weight is 333 g/mol. The molecule has 8 heteroatoms. The van der Waals surface area contributed by atoms with Gasteiger partial charge in [-0.2, -0.15) is 0 Å². The monoisotopic (exact) mass is 332 g/mol. The van der Waals surface area contributed by atoms with Crippen molar-refractivity contribution in [2.24, 2.45) is 0 Å². The molecule has 0 fully saturated rings. The second kappa shape index (κ2) is 8.49. The first-order valence-corrected chi connectivity index (χ1v) is 6.85. The second-order valence-corrected chi connectivity index (χ2v) is 4.72. The molecule has 0 spiro atoms. The van der Waals surface area contributed by atoms with Crippen molar-refractivity contribution >= 4 is 41.0 Å². The van der Waals surface area contributed by atoms with Crippen LogP contribution in [0.1, 0.15) is 17.3 Å². The fourth-order valence-corrected chi connectivity index (χ4v) is 1.94. The molecule has 0 saturated heterocycles. The lowest BCUT2D eigenvalue weighted by Gasteiger charge is -2.08. The lowest BCUT2D eigenvalue weighted by atomic mass is 10.2. The number of likely N-dealkylation sites (N-methyl/N-ethyl adjacent to an activating group) is 1. The van der Waals surface area contributed by atoms with Crippen LogP contribution in [0.3, 0.4) is 0 Å². The Balaban J connectivity index is 2.46. The van der Waals surface area contributed by atoms with E-state index in [0.29, 0.717) is 6.54 Å². The Morgan fingerprint density at radius 3 is 2.29 bits per heavy atom. The van der Waals surface area contributed by atoms with E-state index in [1.807, 2.05) is 0 Å². The maximum Gasteiger partial charge on any atom is 0.341 e. The standard InChI is InChI=1S/C13H14Cl2N2O4/c1-2-16-10(18)6-17-11(19)7-21-13(20)12-8(14)4-3-5-9(12)15/h3-5H,2,6-7H2,1H3,(H,16,18)(H,17,19). The van der Waals surface area contributed by atoms with Crippen molar-refractivity contribution in [3.05, 3.63) is 33.8 Å². The molecule has 1 rings (SSSR count). The van der Waals surface area contributed by atoms with Gasteiger partial charge in [0.15, 0.2) is 6.61 Å². The Morgan fingerprint density at radius 2 is 1.71 bits per heavy atom. The Bertz CT molecular complexity index is 529. The van der Waals surface area contributed by atoms with Gasteiger partial charge in [0.2, 0.25) is 5.91 Å². The van der Waals surface area contributed by atoms with E-state index in [1.54, 1.807) is 13.0 Å². The third kappa shape index (κ3) is 5.61. The molecule has 0 aliphatic rings. The molecule has 1 aromatic carbocycles. The first-order valence-electron chi connectivity index (χ1n) is 6.10. The normalized spacial score (nSPS) is 9.86. The van der Waals surface area contributed by atoms with Crippen LogP contribution < -0.4 is 10.6 Å². The van der Waals surface area contributed by atoms with Crippen LogP contribution in [0, 0.1) is 0 Å². The minimum atomic E-state index is -0.807. The second-order valence-electron chi connectivity index (χ2n) is 3.90. The summed E-state index contributed by atoms with van der Waals surface area (Å²) in [5.41, 5.74) is -0.00245. The number of carbonyl (C=O) groups is 3. The molecule has 0 saturated carbocycles. The highest BCUT2D eigenvalue weighted by molar-refractivity contribution is 6.39. The molecule has 114 valence electrons. The number of rotatable bonds is 6. The molecule has 6 nitrogen and oxygen atoms in total. The van der Waals surface area contributed by atoms with E-state index in [4.69, 9.17) is 27.9 Å². The van der Waals surface area contributed by atoms with Gasteiger partial charge in [-0.25, -0.2) is 4.79 Å². The Hall–Kier alpha value is -1.79. The summed E-state index contributed by atoms with van der Waals surface area (Å²) in [7, 11) is 0. The molecular weight excluding hydrogens is 319 g/mol. The molecule has 21 heavy (non-hydrogen) atoms. The fraction of sp³-hybridized carbons (Fsp3) is 0.308. The first-order chi connectivity index (χ1) is 9.95. The SMILES string of the molecule is CCNC(=O)CNC(=O)COC(=O)c1c(Cl)cccc1Cl. The average Bonchev–Trinajstić information content (AvgIpc) is 2.43. The van der Waals surface area contributed by atoms with Gasteiger partial charge in [-0.05, 0) is 19.1 Å². The molecule has 0 bridgehead atoms. The summed E-state index contributed by atoms with van der Waals surface area (Å²) in [6.07, 6.45) is 0. The minimum absolute atomic E-state index is 0.00245. The van der Waals surface area contributed by atoms with Gasteiger partial charge in [0.05, 0.1) is 22.2 Å². The van der Waals surface area contributed by atoms with E-state index < -0.39 is 18.5 Å². The lowest BCUT2D eigenvalue weighted by molar-refractivity contribution is -0.127. The van der Waals surface area contributed by atoms with Crippen LogP contribution in [0.2, 0.25) is 10.0 Å². The number of amides is 2. The zero-order chi connectivity index (χ0) is 15.8. The molecule has 2 N–H and O–H groups in total. The van der Waals surface area contributed by atoms with Crippen LogP contribution in [0.15, 0.2) is 18.2 Å². The zero-order valence-electron chi connectivity index (χ0n) is 11.2. The maximum atomic E-state index is 11.8. The van der Waals surface area contributed by atoms with E-state index in [1.165, 1.54) is 12.1 Å². The Morgan fingerprint density at radius 1 is 1.10 bits per heavy atom. The van der Waals surface area contributed by atoms with Crippen molar-refractivity contribution in [2.45, 2.75) is 6.92 Å². The van der Waals surface area contributed by atoms with Gasteiger partial charge in [0, 0.05) is 6.54 Å². The summed E-state index contributed by atoms with van der Waals surface area (Å²) in [5.74, 6) is -1.73. The molecule has 0 aliphatic carbocycles. The largest absolute Gasteiger partial charge is 0.452 e. The van der Waals surface area contributed by atoms with Crippen LogP contribution >= 0.6 is 23.2 Å². The summed E-state index contributed by atoms with van der Waals surface area (Å²) in [6.45, 7) is 1.51. The molecule has 2 amide bonds. The Labute approximate surface area is 131 Å². The maximum absolute atomic E-state index is 11.8. The van der Waals surface area contributed by atoms with Gasteiger partial charge in [0.25, 0.3) is 5.91 Å². The van der Waals surface area contributed by atoms with Crippen molar-refractivity contribution < 1.29 is 19.1 Å². The van der Waals surface area contributed by atoms with Crippen molar-refractivity contribution in [1.82, 2.24) is 10.6 Å². The van der Waals surface area contributed by atoms with Crippen LogP contribution in [-0.4, -0.2) is 37.5 Å².